The molecule has 0 spiro atoms. The van der Waals surface area contributed by atoms with Crippen molar-refractivity contribution in [2.24, 2.45) is 5.41 Å². The lowest BCUT2D eigenvalue weighted by atomic mass is 9.71. The van der Waals surface area contributed by atoms with Gasteiger partial charge >= 0.3 is 0 Å². The van der Waals surface area contributed by atoms with E-state index in [1.807, 2.05) is 13.0 Å². The van der Waals surface area contributed by atoms with Gasteiger partial charge < -0.3 is 9.84 Å². The van der Waals surface area contributed by atoms with E-state index in [4.69, 9.17) is 4.74 Å². The Hall–Kier alpha value is -1.18. The number of rotatable bonds is 3. The topological polar surface area (TPSA) is 29.5 Å². The van der Waals surface area contributed by atoms with Gasteiger partial charge in [-0.1, -0.05) is 34.6 Å². The highest BCUT2D eigenvalue weighted by Gasteiger charge is 2.30. The molecule has 1 aromatic rings. The summed E-state index contributed by atoms with van der Waals surface area (Å²) in [6.45, 7) is 13.1. The molecule has 102 valence electrons. The van der Waals surface area contributed by atoms with Crippen molar-refractivity contribution in [1.29, 1.82) is 0 Å². The van der Waals surface area contributed by atoms with Gasteiger partial charge in [0.1, 0.15) is 11.5 Å². The van der Waals surface area contributed by atoms with Gasteiger partial charge in [-0.05, 0) is 41.9 Å². The molecular weight excluding hydrogens is 224 g/mol. The van der Waals surface area contributed by atoms with E-state index >= 15 is 0 Å². The number of hydrogen-bond donors (Lipinski definition) is 1. The van der Waals surface area contributed by atoms with E-state index in [9.17, 15) is 5.11 Å². The molecule has 1 N–H and O–H groups in total. The summed E-state index contributed by atoms with van der Waals surface area (Å²) in [6.07, 6.45) is 1.03. The fourth-order valence-corrected chi connectivity index (χ4v) is 2.95. The molecule has 0 heterocycles. The van der Waals surface area contributed by atoms with Gasteiger partial charge in [0.25, 0.3) is 0 Å². The average molecular weight is 250 g/mol. The third kappa shape index (κ3) is 3.41. The third-order valence-corrected chi connectivity index (χ3v) is 3.16. The molecule has 0 aliphatic heterocycles. The molecule has 0 saturated heterocycles. The van der Waals surface area contributed by atoms with E-state index < -0.39 is 0 Å². The summed E-state index contributed by atoms with van der Waals surface area (Å²) in [7, 11) is 1.69. The van der Waals surface area contributed by atoms with Crippen LogP contribution < -0.4 is 4.74 Å². The second-order valence-electron chi connectivity index (χ2n) is 6.96. The smallest absolute Gasteiger partial charge is 0.125 e. The number of phenols is 1. The Bertz CT molecular complexity index is 425. The van der Waals surface area contributed by atoms with Crippen LogP contribution in [-0.2, 0) is 5.41 Å². The zero-order valence-corrected chi connectivity index (χ0v) is 12.7. The molecule has 0 aromatic heterocycles. The van der Waals surface area contributed by atoms with Crippen molar-refractivity contribution in [3.8, 4) is 11.5 Å². The van der Waals surface area contributed by atoms with Crippen molar-refractivity contribution in [2.45, 2.75) is 53.4 Å². The minimum Gasteiger partial charge on any atom is -0.508 e. The Balaban J connectivity index is 3.30. The first-order valence-corrected chi connectivity index (χ1v) is 6.45. The van der Waals surface area contributed by atoms with Gasteiger partial charge in [0.05, 0.1) is 7.11 Å². The molecule has 0 saturated carbocycles. The molecular formula is C16H26O2. The summed E-state index contributed by atoms with van der Waals surface area (Å²) in [5.74, 6) is 1.20. The van der Waals surface area contributed by atoms with Crippen LogP contribution in [-0.4, -0.2) is 12.2 Å². The summed E-state index contributed by atoms with van der Waals surface area (Å²) in [5.41, 5.74) is 2.26. The molecule has 0 amide bonds. The zero-order valence-electron chi connectivity index (χ0n) is 12.7. The maximum Gasteiger partial charge on any atom is 0.125 e. The number of hydrogen-bond acceptors (Lipinski definition) is 2. The van der Waals surface area contributed by atoms with E-state index in [0.29, 0.717) is 5.75 Å². The first-order valence-electron chi connectivity index (χ1n) is 6.45. The molecule has 0 aliphatic rings. The maximum atomic E-state index is 9.82. The van der Waals surface area contributed by atoms with Gasteiger partial charge in [-0.15, -0.1) is 0 Å². The molecule has 0 fully saturated rings. The second kappa shape index (κ2) is 4.83. The first kappa shape index (κ1) is 14.9. The first-order chi connectivity index (χ1) is 8.07. The van der Waals surface area contributed by atoms with E-state index in [1.165, 1.54) is 0 Å². The van der Waals surface area contributed by atoms with E-state index in [-0.39, 0.29) is 10.8 Å². The lowest BCUT2D eigenvalue weighted by Gasteiger charge is -2.34. The Labute approximate surface area is 111 Å². The molecule has 18 heavy (non-hydrogen) atoms. The van der Waals surface area contributed by atoms with Gasteiger partial charge in [0.2, 0.25) is 0 Å². The van der Waals surface area contributed by atoms with Gasteiger partial charge in [-0.2, -0.15) is 0 Å². The molecule has 0 radical (unpaired) electrons. The fraction of sp³-hybridized carbons (Fsp3) is 0.625. The molecule has 1 aromatic carbocycles. The zero-order chi connectivity index (χ0) is 14.1. The highest BCUT2D eigenvalue weighted by Crippen LogP contribution is 2.42. The number of phenolic OH excluding ortho intramolecular Hbond substituents is 1. The standard InChI is InChI=1S/C16H26O2/c1-11-8-12(17)9-13(14(11)18-7)16(5,6)10-15(2,3)4/h8-9,17H,10H2,1-7H3. The van der Waals surface area contributed by atoms with Crippen molar-refractivity contribution in [2.75, 3.05) is 7.11 Å². The van der Waals surface area contributed by atoms with Gasteiger partial charge in [-0.25, -0.2) is 0 Å². The Morgan fingerprint density at radius 1 is 1.11 bits per heavy atom. The van der Waals surface area contributed by atoms with Crippen LogP contribution >= 0.6 is 0 Å². The molecule has 2 heteroatoms. The Morgan fingerprint density at radius 3 is 2.11 bits per heavy atom. The number of ether oxygens (including phenoxy) is 1. The SMILES string of the molecule is COc1c(C)cc(O)cc1C(C)(C)CC(C)(C)C. The highest BCUT2D eigenvalue weighted by atomic mass is 16.5. The van der Waals surface area contributed by atoms with Crippen LogP contribution in [0.4, 0.5) is 0 Å². The summed E-state index contributed by atoms with van der Waals surface area (Å²) >= 11 is 0. The molecule has 1 rings (SSSR count). The van der Waals surface area contributed by atoms with Crippen molar-refractivity contribution in [3.63, 3.8) is 0 Å². The number of benzene rings is 1. The predicted octanol–water partition coefficient (Wildman–Crippen LogP) is 4.42. The predicted molar refractivity (Wildman–Crippen MR) is 76.5 cm³/mol. The van der Waals surface area contributed by atoms with E-state index in [1.54, 1.807) is 13.2 Å². The normalized spacial score (nSPS) is 12.6. The average Bonchev–Trinajstić information content (AvgIpc) is 2.12. The number of aryl methyl sites for hydroxylation is 1. The summed E-state index contributed by atoms with van der Waals surface area (Å²) in [6, 6.07) is 3.58. The van der Waals surface area contributed by atoms with Gasteiger partial charge in [0, 0.05) is 5.56 Å². The van der Waals surface area contributed by atoms with Crippen LogP contribution in [0.2, 0.25) is 0 Å². The maximum absolute atomic E-state index is 9.82. The van der Waals surface area contributed by atoms with Crippen LogP contribution in [0.5, 0.6) is 11.5 Å². The highest BCUT2D eigenvalue weighted by molar-refractivity contribution is 5.49. The third-order valence-electron chi connectivity index (χ3n) is 3.16. The lowest BCUT2D eigenvalue weighted by molar-refractivity contribution is 0.275. The summed E-state index contributed by atoms with van der Waals surface area (Å²) in [5, 5.41) is 9.82. The summed E-state index contributed by atoms with van der Waals surface area (Å²) in [4.78, 5) is 0. The van der Waals surface area contributed by atoms with Crippen molar-refractivity contribution in [3.05, 3.63) is 23.3 Å². The van der Waals surface area contributed by atoms with Crippen molar-refractivity contribution < 1.29 is 9.84 Å². The molecule has 0 bridgehead atoms. The lowest BCUT2D eigenvalue weighted by Crippen LogP contribution is -2.25. The van der Waals surface area contributed by atoms with Crippen LogP contribution in [0.1, 0.15) is 52.2 Å². The van der Waals surface area contributed by atoms with Crippen LogP contribution in [0, 0.1) is 12.3 Å². The van der Waals surface area contributed by atoms with Gasteiger partial charge in [0.15, 0.2) is 0 Å². The summed E-state index contributed by atoms with van der Waals surface area (Å²) < 4.78 is 5.52. The largest absolute Gasteiger partial charge is 0.508 e. The van der Waals surface area contributed by atoms with Gasteiger partial charge in [-0.3, -0.25) is 0 Å². The van der Waals surface area contributed by atoms with Crippen LogP contribution in [0.3, 0.4) is 0 Å². The van der Waals surface area contributed by atoms with Crippen LogP contribution in [0.25, 0.3) is 0 Å². The minimum atomic E-state index is -0.0346. The Morgan fingerprint density at radius 2 is 1.67 bits per heavy atom. The van der Waals surface area contributed by atoms with Crippen LogP contribution in [0.15, 0.2) is 12.1 Å². The monoisotopic (exact) mass is 250 g/mol. The fourth-order valence-electron chi connectivity index (χ4n) is 2.95. The van der Waals surface area contributed by atoms with Crippen molar-refractivity contribution >= 4 is 0 Å². The minimum absolute atomic E-state index is 0.0346. The molecule has 0 aliphatic carbocycles. The molecule has 2 nitrogen and oxygen atoms in total. The molecule has 0 atom stereocenters. The number of aromatic hydroxyl groups is 1. The van der Waals surface area contributed by atoms with E-state index in [0.717, 1.165) is 23.3 Å². The molecule has 0 unspecified atom stereocenters. The van der Waals surface area contributed by atoms with E-state index in [2.05, 4.69) is 34.6 Å². The second-order valence-corrected chi connectivity index (χ2v) is 6.96. The quantitative estimate of drug-likeness (QED) is 0.860. The van der Waals surface area contributed by atoms with Crippen molar-refractivity contribution in [1.82, 2.24) is 0 Å². The number of methoxy groups -OCH3 is 1. The Kier molecular flexibility index (Phi) is 3.99.